The van der Waals surface area contributed by atoms with E-state index in [9.17, 15) is 9.59 Å². The first-order valence-electron chi connectivity index (χ1n) is 8.74. The molecular weight excluding hydrogens is 366 g/mol. The van der Waals surface area contributed by atoms with Crippen LogP contribution in [0.2, 0.25) is 0 Å². The first-order valence-corrected chi connectivity index (χ1v) is 9.73. The quantitative estimate of drug-likeness (QED) is 0.747. The zero-order chi connectivity index (χ0) is 19.2. The summed E-state index contributed by atoms with van der Waals surface area (Å²) >= 11 is 1.25. The molecule has 144 valence electrons. The zero-order valence-corrected chi connectivity index (χ0v) is 16.3. The van der Waals surface area contributed by atoms with E-state index < -0.39 is 0 Å². The highest BCUT2D eigenvalue weighted by molar-refractivity contribution is 7.99. The third-order valence-electron chi connectivity index (χ3n) is 4.28. The van der Waals surface area contributed by atoms with Crippen molar-refractivity contribution in [2.75, 3.05) is 45.6 Å². The van der Waals surface area contributed by atoms with E-state index in [0.29, 0.717) is 37.3 Å². The SMILES string of the molecule is Cc1ccc(-c2nc(SCC(=O)N(C)CC(=O)N3CCOCC3)n[nH]2)cc1. The standard InChI is InChI=1S/C18H23N5O3S/c1-13-3-5-14(6-4-13)17-19-18(21-20-17)27-12-16(25)22(2)11-15(24)23-7-9-26-10-8-23/h3-6H,7-12H2,1-2H3,(H,19,20,21). The van der Waals surface area contributed by atoms with Gasteiger partial charge in [0.2, 0.25) is 17.0 Å². The number of rotatable bonds is 6. The maximum atomic E-state index is 12.3. The lowest BCUT2D eigenvalue weighted by atomic mass is 10.1. The average Bonchev–Trinajstić information content (AvgIpc) is 3.16. The van der Waals surface area contributed by atoms with Crippen LogP contribution in [0.15, 0.2) is 29.4 Å². The van der Waals surface area contributed by atoms with Gasteiger partial charge in [-0.15, -0.1) is 5.10 Å². The Morgan fingerprint density at radius 1 is 1.26 bits per heavy atom. The number of aryl methyl sites for hydroxylation is 1. The van der Waals surface area contributed by atoms with Gasteiger partial charge in [0, 0.05) is 25.7 Å². The molecule has 2 heterocycles. The molecule has 1 aliphatic rings. The van der Waals surface area contributed by atoms with Gasteiger partial charge in [0.05, 0.1) is 25.5 Å². The highest BCUT2D eigenvalue weighted by Crippen LogP contribution is 2.19. The van der Waals surface area contributed by atoms with Crippen LogP contribution < -0.4 is 0 Å². The molecule has 3 rings (SSSR count). The highest BCUT2D eigenvalue weighted by Gasteiger charge is 2.20. The number of carbonyl (C=O) groups is 2. The minimum atomic E-state index is -0.136. The van der Waals surface area contributed by atoms with Gasteiger partial charge in [0.1, 0.15) is 0 Å². The number of nitrogens with zero attached hydrogens (tertiary/aromatic N) is 4. The van der Waals surface area contributed by atoms with Gasteiger partial charge in [-0.3, -0.25) is 14.7 Å². The summed E-state index contributed by atoms with van der Waals surface area (Å²) in [5.74, 6) is 0.653. The zero-order valence-electron chi connectivity index (χ0n) is 15.5. The van der Waals surface area contributed by atoms with Gasteiger partial charge in [-0.2, -0.15) is 0 Å². The van der Waals surface area contributed by atoms with Crippen molar-refractivity contribution in [2.45, 2.75) is 12.1 Å². The fourth-order valence-electron chi connectivity index (χ4n) is 2.59. The van der Waals surface area contributed by atoms with E-state index in [1.165, 1.54) is 22.2 Å². The van der Waals surface area contributed by atoms with Crippen LogP contribution in [0.4, 0.5) is 0 Å². The lowest BCUT2D eigenvalue weighted by Gasteiger charge is -2.28. The Morgan fingerprint density at radius 2 is 1.96 bits per heavy atom. The fourth-order valence-corrected chi connectivity index (χ4v) is 3.33. The molecule has 1 N–H and O–H groups in total. The van der Waals surface area contributed by atoms with Crippen LogP contribution >= 0.6 is 11.8 Å². The molecule has 0 bridgehead atoms. The summed E-state index contributed by atoms with van der Waals surface area (Å²) in [4.78, 5) is 32.1. The molecule has 8 nitrogen and oxygen atoms in total. The number of thioether (sulfide) groups is 1. The summed E-state index contributed by atoms with van der Waals surface area (Å²) in [5, 5.41) is 7.54. The monoisotopic (exact) mass is 389 g/mol. The van der Waals surface area contributed by atoms with E-state index in [2.05, 4.69) is 15.2 Å². The molecule has 1 aliphatic heterocycles. The van der Waals surface area contributed by atoms with Gasteiger partial charge in [-0.25, -0.2) is 4.98 Å². The fraction of sp³-hybridized carbons (Fsp3) is 0.444. The number of morpholine rings is 1. The van der Waals surface area contributed by atoms with Crippen LogP contribution in [0.3, 0.4) is 0 Å². The van der Waals surface area contributed by atoms with Gasteiger partial charge in [0.25, 0.3) is 0 Å². The summed E-state index contributed by atoms with van der Waals surface area (Å²) in [7, 11) is 1.64. The smallest absolute Gasteiger partial charge is 0.242 e. The Kier molecular flexibility index (Phi) is 6.46. The molecule has 9 heteroatoms. The van der Waals surface area contributed by atoms with E-state index in [1.807, 2.05) is 31.2 Å². The Labute approximate surface area is 162 Å². The molecule has 1 aromatic carbocycles. The van der Waals surface area contributed by atoms with E-state index in [-0.39, 0.29) is 24.1 Å². The molecule has 2 aromatic rings. The molecule has 0 unspecified atom stereocenters. The van der Waals surface area contributed by atoms with Crippen molar-refractivity contribution in [1.82, 2.24) is 25.0 Å². The van der Waals surface area contributed by atoms with Gasteiger partial charge >= 0.3 is 0 Å². The summed E-state index contributed by atoms with van der Waals surface area (Å²) in [5.41, 5.74) is 2.12. The predicted molar refractivity (Wildman–Crippen MR) is 102 cm³/mol. The first kappa shape index (κ1) is 19.4. The minimum Gasteiger partial charge on any atom is -0.378 e. The molecule has 1 saturated heterocycles. The molecule has 0 atom stereocenters. The Morgan fingerprint density at radius 3 is 2.67 bits per heavy atom. The Bertz CT molecular complexity index is 787. The number of nitrogens with one attached hydrogen (secondary N) is 1. The number of benzene rings is 1. The second-order valence-corrected chi connectivity index (χ2v) is 7.31. The van der Waals surface area contributed by atoms with E-state index in [0.717, 1.165) is 5.56 Å². The normalized spacial score (nSPS) is 14.2. The van der Waals surface area contributed by atoms with Crippen molar-refractivity contribution in [1.29, 1.82) is 0 Å². The number of ether oxygens (including phenoxy) is 1. The van der Waals surface area contributed by atoms with Gasteiger partial charge in [-0.1, -0.05) is 41.6 Å². The third-order valence-corrected chi connectivity index (χ3v) is 5.11. The number of carbonyl (C=O) groups excluding carboxylic acids is 2. The van der Waals surface area contributed by atoms with E-state index in [1.54, 1.807) is 11.9 Å². The lowest BCUT2D eigenvalue weighted by molar-refractivity contribution is -0.140. The largest absolute Gasteiger partial charge is 0.378 e. The van der Waals surface area contributed by atoms with Gasteiger partial charge in [0.15, 0.2) is 5.82 Å². The van der Waals surface area contributed by atoms with E-state index in [4.69, 9.17) is 4.74 Å². The molecule has 0 radical (unpaired) electrons. The van der Waals surface area contributed by atoms with Gasteiger partial charge < -0.3 is 14.5 Å². The number of H-pyrrole nitrogens is 1. The summed E-state index contributed by atoms with van der Waals surface area (Å²) in [6.45, 7) is 4.35. The van der Waals surface area contributed by atoms with Crippen LogP contribution in [0.5, 0.6) is 0 Å². The summed E-state index contributed by atoms with van der Waals surface area (Å²) < 4.78 is 5.23. The maximum absolute atomic E-state index is 12.3. The second-order valence-electron chi connectivity index (χ2n) is 6.36. The molecule has 1 aromatic heterocycles. The van der Waals surface area contributed by atoms with Gasteiger partial charge in [-0.05, 0) is 6.92 Å². The third kappa shape index (κ3) is 5.30. The van der Waals surface area contributed by atoms with Crippen LogP contribution in [0, 0.1) is 6.92 Å². The van der Waals surface area contributed by atoms with E-state index >= 15 is 0 Å². The number of hydrogen-bond donors (Lipinski definition) is 1. The first-order chi connectivity index (χ1) is 13.0. The summed E-state index contributed by atoms with van der Waals surface area (Å²) in [6.07, 6.45) is 0. The Balaban J connectivity index is 1.48. The molecule has 0 saturated carbocycles. The summed E-state index contributed by atoms with van der Waals surface area (Å²) in [6, 6.07) is 7.96. The van der Waals surface area contributed by atoms with Crippen LogP contribution in [-0.2, 0) is 14.3 Å². The van der Waals surface area contributed by atoms with Crippen molar-refractivity contribution >= 4 is 23.6 Å². The molecule has 0 aliphatic carbocycles. The molecule has 1 fully saturated rings. The number of likely N-dealkylation sites (N-methyl/N-ethyl adjacent to an activating group) is 1. The van der Waals surface area contributed by atoms with Crippen molar-refractivity contribution < 1.29 is 14.3 Å². The van der Waals surface area contributed by atoms with Crippen molar-refractivity contribution in [2.24, 2.45) is 0 Å². The van der Waals surface area contributed by atoms with Crippen molar-refractivity contribution in [3.63, 3.8) is 0 Å². The average molecular weight is 389 g/mol. The molecule has 0 spiro atoms. The molecular formula is C18H23N5O3S. The predicted octanol–water partition coefficient (Wildman–Crippen LogP) is 1.19. The number of amides is 2. The topological polar surface area (TPSA) is 91.4 Å². The minimum absolute atomic E-state index is 0.0568. The van der Waals surface area contributed by atoms with Crippen molar-refractivity contribution in [3.05, 3.63) is 29.8 Å². The van der Waals surface area contributed by atoms with Crippen molar-refractivity contribution in [3.8, 4) is 11.4 Å². The highest BCUT2D eigenvalue weighted by atomic mass is 32.2. The molecule has 27 heavy (non-hydrogen) atoms. The Hall–Kier alpha value is -2.39. The number of aromatic nitrogens is 3. The number of hydrogen-bond acceptors (Lipinski definition) is 6. The molecule has 2 amide bonds. The lowest BCUT2D eigenvalue weighted by Crippen LogP contribution is -2.46. The number of aromatic amines is 1. The van der Waals surface area contributed by atoms with Crippen LogP contribution in [0.25, 0.3) is 11.4 Å². The van der Waals surface area contributed by atoms with Crippen LogP contribution in [0.1, 0.15) is 5.56 Å². The maximum Gasteiger partial charge on any atom is 0.242 e. The second kappa shape index (κ2) is 9.01. The van der Waals surface area contributed by atoms with Crippen LogP contribution in [-0.4, -0.2) is 82.4 Å².